The molecule has 0 spiro atoms. The molecule has 0 saturated heterocycles. The highest BCUT2D eigenvalue weighted by atomic mass is 16.7. The molecule has 0 amide bonds. The van der Waals surface area contributed by atoms with Crippen molar-refractivity contribution in [2.45, 2.75) is 51.9 Å². The Labute approximate surface area is 116 Å². The largest absolute Gasteiger partial charge is 0.468 e. The van der Waals surface area contributed by atoms with E-state index in [0.717, 1.165) is 12.8 Å². The third kappa shape index (κ3) is 5.89. The highest BCUT2D eigenvalue weighted by Gasteiger charge is 2.27. The molecule has 0 aliphatic heterocycles. The minimum atomic E-state index is -0.264. The number of carbonyl (C=O) groups excluding carboxylic acids is 1. The maximum absolute atomic E-state index is 11.5. The van der Waals surface area contributed by atoms with Crippen LogP contribution >= 0.6 is 0 Å². The number of ether oxygens (including phenoxy) is 3. The Morgan fingerprint density at radius 3 is 2.26 bits per heavy atom. The predicted octanol–water partition coefficient (Wildman–Crippen LogP) is 1.80. The highest BCUT2D eigenvalue weighted by molar-refractivity contribution is 5.71. The Kier molecular flexibility index (Phi) is 8.02. The van der Waals surface area contributed by atoms with Gasteiger partial charge < -0.3 is 14.2 Å². The van der Waals surface area contributed by atoms with E-state index in [9.17, 15) is 4.79 Å². The molecule has 1 rings (SSSR count). The fourth-order valence-electron chi connectivity index (χ4n) is 2.56. The zero-order valence-corrected chi connectivity index (χ0v) is 12.4. The molecule has 0 bridgehead atoms. The van der Waals surface area contributed by atoms with Gasteiger partial charge >= 0.3 is 5.97 Å². The summed E-state index contributed by atoms with van der Waals surface area (Å²) >= 11 is 0. The van der Waals surface area contributed by atoms with E-state index >= 15 is 0 Å². The zero-order valence-electron chi connectivity index (χ0n) is 12.4. The van der Waals surface area contributed by atoms with Gasteiger partial charge in [0.05, 0.1) is 20.2 Å². The maximum atomic E-state index is 11.5. The van der Waals surface area contributed by atoms with E-state index < -0.39 is 0 Å². The van der Waals surface area contributed by atoms with E-state index in [0.29, 0.717) is 32.3 Å². The summed E-state index contributed by atoms with van der Waals surface area (Å²) in [4.78, 5) is 13.7. The molecular weight excluding hydrogens is 246 g/mol. The molecule has 0 N–H and O–H groups in total. The molecule has 0 atom stereocenters. The zero-order chi connectivity index (χ0) is 14.1. The van der Waals surface area contributed by atoms with Gasteiger partial charge in [0.2, 0.25) is 0 Å². The summed E-state index contributed by atoms with van der Waals surface area (Å²) in [6.07, 6.45) is 4.48. The van der Waals surface area contributed by atoms with Gasteiger partial charge in [-0.15, -0.1) is 0 Å². The first kappa shape index (κ1) is 16.4. The van der Waals surface area contributed by atoms with Crippen LogP contribution in [0.5, 0.6) is 0 Å². The predicted molar refractivity (Wildman–Crippen MR) is 72.9 cm³/mol. The lowest BCUT2D eigenvalue weighted by atomic mass is 10.2. The van der Waals surface area contributed by atoms with Gasteiger partial charge in [0, 0.05) is 19.3 Å². The van der Waals surface area contributed by atoms with E-state index in [1.54, 1.807) is 0 Å². The Morgan fingerprint density at radius 2 is 1.79 bits per heavy atom. The lowest BCUT2D eigenvalue weighted by Gasteiger charge is -2.31. The van der Waals surface area contributed by atoms with Crippen LogP contribution in [0.25, 0.3) is 0 Å². The van der Waals surface area contributed by atoms with Crippen molar-refractivity contribution >= 4 is 5.97 Å². The summed E-state index contributed by atoms with van der Waals surface area (Å²) in [5.41, 5.74) is 0. The Bertz CT molecular complexity index is 248. The minimum Gasteiger partial charge on any atom is -0.468 e. The van der Waals surface area contributed by atoms with Crippen molar-refractivity contribution in [3.05, 3.63) is 0 Å². The summed E-state index contributed by atoms with van der Waals surface area (Å²) in [7, 11) is 1.43. The van der Waals surface area contributed by atoms with Crippen molar-refractivity contribution < 1.29 is 19.0 Å². The average Bonchev–Trinajstić information content (AvgIpc) is 2.92. The molecule has 5 heteroatoms. The normalized spacial score (nSPS) is 16.5. The molecular formula is C14H27NO4. The van der Waals surface area contributed by atoms with Crippen molar-refractivity contribution in [2.24, 2.45) is 0 Å². The molecule has 0 unspecified atom stereocenters. The van der Waals surface area contributed by atoms with Gasteiger partial charge in [0.15, 0.2) is 6.29 Å². The van der Waals surface area contributed by atoms with Crippen LogP contribution in [0.3, 0.4) is 0 Å². The smallest absolute Gasteiger partial charge is 0.319 e. The molecule has 0 aromatic rings. The van der Waals surface area contributed by atoms with E-state index in [-0.39, 0.29) is 12.3 Å². The van der Waals surface area contributed by atoms with Crippen LogP contribution in [0.1, 0.15) is 39.5 Å². The fourth-order valence-corrected chi connectivity index (χ4v) is 2.56. The molecule has 1 aliphatic carbocycles. The fraction of sp³-hybridized carbons (Fsp3) is 0.929. The molecule has 0 heterocycles. The van der Waals surface area contributed by atoms with E-state index in [4.69, 9.17) is 14.2 Å². The topological polar surface area (TPSA) is 48.0 Å². The van der Waals surface area contributed by atoms with Crippen LogP contribution in [0.15, 0.2) is 0 Å². The van der Waals surface area contributed by atoms with Crippen molar-refractivity contribution in [3.8, 4) is 0 Å². The number of methoxy groups -OCH3 is 1. The Balaban J connectivity index is 2.57. The number of carbonyl (C=O) groups is 1. The molecule has 1 aliphatic rings. The molecule has 19 heavy (non-hydrogen) atoms. The Hall–Kier alpha value is -0.650. The average molecular weight is 273 g/mol. The summed E-state index contributed by atoms with van der Waals surface area (Å²) in [5.74, 6) is -0.196. The van der Waals surface area contributed by atoms with Gasteiger partial charge in [-0.1, -0.05) is 12.8 Å². The van der Waals surface area contributed by atoms with Gasteiger partial charge in [-0.25, -0.2) is 0 Å². The SMILES string of the molecule is CCOC(CN(CC(=O)OC)C1CCCC1)OCC. The number of nitrogens with zero attached hydrogens (tertiary/aromatic N) is 1. The lowest BCUT2D eigenvalue weighted by molar-refractivity contribution is -0.157. The first-order valence-electron chi connectivity index (χ1n) is 7.25. The van der Waals surface area contributed by atoms with Gasteiger partial charge in [-0.2, -0.15) is 0 Å². The van der Waals surface area contributed by atoms with E-state index in [1.807, 2.05) is 13.8 Å². The molecule has 1 fully saturated rings. The first-order valence-corrected chi connectivity index (χ1v) is 7.25. The second-order valence-corrected chi connectivity index (χ2v) is 4.78. The molecule has 1 saturated carbocycles. The van der Waals surface area contributed by atoms with Crippen molar-refractivity contribution in [2.75, 3.05) is 33.4 Å². The number of esters is 1. The van der Waals surface area contributed by atoms with Gasteiger partial charge in [-0.3, -0.25) is 9.69 Å². The minimum absolute atomic E-state index is 0.196. The van der Waals surface area contributed by atoms with Crippen molar-refractivity contribution in [1.82, 2.24) is 4.90 Å². The molecule has 0 radical (unpaired) electrons. The van der Waals surface area contributed by atoms with Crippen molar-refractivity contribution in [1.29, 1.82) is 0 Å². The highest BCUT2D eigenvalue weighted by Crippen LogP contribution is 2.24. The quantitative estimate of drug-likeness (QED) is 0.473. The second kappa shape index (κ2) is 9.28. The molecule has 112 valence electrons. The first-order chi connectivity index (χ1) is 9.21. The summed E-state index contributed by atoms with van der Waals surface area (Å²) in [6.45, 7) is 6.07. The van der Waals surface area contributed by atoms with Crippen LogP contribution in [-0.4, -0.2) is 56.6 Å². The molecule has 5 nitrogen and oxygen atoms in total. The van der Waals surface area contributed by atoms with Crippen molar-refractivity contribution in [3.63, 3.8) is 0 Å². The van der Waals surface area contributed by atoms with Crippen LogP contribution in [0, 0.1) is 0 Å². The molecule has 0 aromatic carbocycles. The van der Waals surface area contributed by atoms with Crippen LogP contribution in [-0.2, 0) is 19.0 Å². The second-order valence-electron chi connectivity index (χ2n) is 4.78. The summed E-state index contributed by atoms with van der Waals surface area (Å²) in [6, 6.07) is 0.447. The van der Waals surface area contributed by atoms with Crippen LogP contribution in [0.4, 0.5) is 0 Å². The lowest BCUT2D eigenvalue weighted by Crippen LogP contribution is -2.44. The summed E-state index contributed by atoms with van der Waals surface area (Å²) < 4.78 is 15.9. The standard InChI is InChI=1S/C14H27NO4/c1-4-18-14(19-5-2)11-15(10-13(16)17-3)12-8-6-7-9-12/h12,14H,4-11H2,1-3H3. The Morgan fingerprint density at radius 1 is 1.21 bits per heavy atom. The van der Waals surface area contributed by atoms with Crippen LogP contribution in [0.2, 0.25) is 0 Å². The number of hydrogen-bond donors (Lipinski definition) is 0. The van der Waals surface area contributed by atoms with Crippen LogP contribution < -0.4 is 0 Å². The third-order valence-corrected chi connectivity index (χ3v) is 3.49. The van der Waals surface area contributed by atoms with Gasteiger partial charge in [0.25, 0.3) is 0 Å². The van der Waals surface area contributed by atoms with Gasteiger partial charge in [-0.05, 0) is 26.7 Å². The van der Waals surface area contributed by atoms with E-state index in [2.05, 4.69) is 4.90 Å². The molecule has 0 aromatic heterocycles. The summed E-state index contributed by atoms with van der Waals surface area (Å²) in [5, 5.41) is 0. The monoisotopic (exact) mass is 273 g/mol. The third-order valence-electron chi connectivity index (χ3n) is 3.49. The van der Waals surface area contributed by atoms with E-state index in [1.165, 1.54) is 20.0 Å². The van der Waals surface area contributed by atoms with Gasteiger partial charge in [0.1, 0.15) is 0 Å². The number of hydrogen-bond acceptors (Lipinski definition) is 5. The number of rotatable bonds is 9. The maximum Gasteiger partial charge on any atom is 0.319 e.